The van der Waals surface area contributed by atoms with Crippen LogP contribution in [0.3, 0.4) is 0 Å². The predicted molar refractivity (Wildman–Crippen MR) is 77.0 cm³/mol. The first-order valence-electron chi connectivity index (χ1n) is 5.51. The SMILES string of the molecule is CCCCn1c(CN)nc2ccccc21.Cl.Cl. The monoisotopic (exact) mass is 275 g/mol. The molecule has 2 aromatic rings. The minimum absolute atomic E-state index is 0. The molecule has 2 rings (SSSR count). The van der Waals surface area contributed by atoms with E-state index in [1.54, 1.807) is 0 Å². The molecule has 0 amide bonds. The van der Waals surface area contributed by atoms with E-state index in [4.69, 9.17) is 5.73 Å². The van der Waals surface area contributed by atoms with E-state index in [-0.39, 0.29) is 24.8 Å². The number of imidazole rings is 1. The van der Waals surface area contributed by atoms with Crippen LogP contribution < -0.4 is 5.73 Å². The smallest absolute Gasteiger partial charge is 0.123 e. The molecular formula is C12H19Cl2N3. The molecule has 5 heteroatoms. The summed E-state index contributed by atoms with van der Waals surface area (Å²) < 4.78 is 2.23. The van der Waals surface area contributed by atoms with E-state index in [9.17, 15) is 0 Å². The van der Waals surface area contributed by atoms with Crippen molar-refractivity contribution in [1.29, 1.82) is 0 Å². The summed E-state index contributed by atoms with van der Waals surface area (Å²) in [4.78, 5) is 4.52. The van der Waals surface area contributed by atoms with Crippen LogP contribution >= 0.6 is 24.8 Å². The summed E-state index contributed by atoms with van der Waals surface area (Å²) in [7, 11) is 0. The molecule has 0 aliphatic carbocycles. The number of nitrogens with zero attached hydrogens (tertiary/aromatic N) is 2. The molecule has 17 heavy (non-hydrogen) atoms. The van der Waals surface area contributed by atoms with Gasteiger partial charge in [-0.05, 0) is 18.6 Å². The molecule has 1 aromatic carbocycles. The second kappa shape index (κ2) is 7.54. The highest BCUT2D eigenvalue weighted by molar-refractivity contribution is 5.85. The van der Waals surface area contributed by atoms with E-state index in [2.05, 4.69) is 22.5 Å². The maximum atomic E-state index is 5.70. The number of aromatic nitrogens is 2. The van der Waals surface area contributed by atoms with Crippen LogP contribution in [0.25, 0.3) is 11.0 Å². The molecule has 0 radical (unpaired) electrons. The molecule has 1 aromatic heterocycles. The van der Waals surface area contributed by atoms with Gasteiger partial charge in [-0.3, -0.25) is 0 Å². The Kier molecular flexibility index (Phi) is 7.19. The molecule has 0 aliphatic rings. The van der Waals surface area contributed by atoms with Crippen LogP contribution in [0.15, 0.2) is 24.3 Å². The van der Waals surface area contributed by atoms with Gasteiger partial charge < -0.3 is 10.3 Å². The van der Waals surface area contributed by atoms with Crippen molar-refractivity contribution in [2.24, 2.45) is 5.73 Å². The maximum Gasteiger partial charge on any atom is 0.123 e. The van der Waals surface area contributed by atoms with Crippen molar-refractivity contribution in [3.05, 3.63) is 30.1 Å². The maximum absolute atomic E-state index is 5.70. The van der Waals surface area contributed by atoms with Crippen molar-refractivity contribution in [3.8, 4) is 0 Å². The molecule has 0 saturated carbocycles. The Hall–Kier alpha value is -0.770. The zero-order valence-corrected chi connectivity index (χ0v) is 11.6. The zero-order chi connectivity index (χ0) is 10.7. The number of unbranched alkanes of at least 4 members (excludes halogenated alkanes) is 1. The van der Waals surface area contributed by atoms with E-state index in [0.717, 1.165) is 17.9 Å². The van der Waals surface area contributed by atoms with Gasteiger partial charge in [-0.15, -0.1) is 24.8 Å². The fourth-order valence-electron chi connectivity index (χ4n) is 1.85. The standard InChI is InChI=1S/C12H17N3.2ClH/c1-2-3-8-15-11-7-5-4-6-10(11)14-12(15)9-13;;/h4-7H,2-3,8-9,13H2,1H3;2*1H. The van der Waals surface area contributed by atoms with Gasteiger partial charge in [-0.2, -0.15) is 0 Å². The Labute approximate surface area is 114 Å². The highest BCUT2D eigenvalue weighted by atomic mass is 35.5. The molecule has 1 heterocycles. The van der Waals surface area contributed by atoms with E-state index >= 15 is 0 Å². The lowest BCUT2D eigenvalue weighted by atomic mass is 10.3. The van der Waals surface area contributed by atoms with Crippen LogP contribution in [0.4, 0.5) is 0 Å². The Balaban J connectivity index is 0.00000128. The highest BCUT2D eigenvalue weighted by Crippen LogP contribution is 2.16. The Morgan fingerprint density at radius 1 is 1.24 bits per heavy atom. The second-order valence-electron chi connectivity index (χ2n) is 3.73. The fourth-order valence-corrected chi connectivity index (χ4v) is 1.85. The van der Waals surface area contributed by atoms with Crippen molar-refractivity contribution in [1.82, 2.24) is 9.55 Å². The Morgan fingerprint density at radius 3 is 2.59 bits per heavy atom. The van der Waals surface area contributed by atoms with Crippen LogP contribution in [-0.4, -0.2) is 9.55 Å². The minimum Gasteiger partial charge on any atom is -0.327 e. The normalized spacial score (nSPS) is 9.76. The average Bonchev–Trinajstić information content (AvgIpc) is 2.64. The number of fused-ring (bicyclic) bond motifs is 1. The van der Waals surface area contributed by atoms with Gasteiger partial charge in [-0.25, -0.2) is 4.98 Å². The lowest BCUT2D eigenvalue weighted by Gasteiger charge is -2.06. The average molecular weight is 276 g/mol. The van der Waals surface area contributed by atoms with E-state index in [0.29, 0.717) is 6.54 Å². The molecule has 3 nitrogen and oxygen atoms in total. The number of hydrogen-bond donors (Lipinski definition) is 1. The fraction of sp³-hybridized carbons (Fsp3) is 0.417. The number of halogens is 2. The van der Waals surface area contributed by atoms with Crippen LogP contribution in [0.1, 0.15) is 25.6 Å². The highest BCUT2D eigenvalue weighted by Gasteiger charge is 2.07. The van der Waals surface area contributed by atoms with Crippen molar-refractivity contribution < 1.29 is 0 Å². The number of hydrogen-bond acceptors (Lipinski definition) is 2. The molecule has 0 aliphatic heterocycles. The number of aryl methyl sites for hydroxylation is 1. The molecule has 0 atom stereocenters. The molecule has 0 bridgehead atoms. The van der Waals surface area contributed by atoms with E-state index in [1.165, 1.54) is 18.4 Å². The minimum atomic E-state index is 0. The first-order valence-corrected chi connectivity index (χ1v) is 5.51. The quantitative estimate of drug-likeness (QED) is 0.932. The van der Waals surface area contributed by atoms with E-state index < -0.39 is 0 Å². The summed E-state index contributed by atoms with van der Waals surface area (Å²) in [5.41, 5.74) is 7.95. The summed E-state index contributed by atoms with van der Waals surface area (Å²) in [5, 5.41) is 0. The Bertz CT molecular complexity index is 454. The van der Waals surface area contributed by atoms with Crippen molar-refractivity contribution in [2.75, 3.05) is 0 Å². The first kappa shape index (κ1) is 16.2. The zero-order valence-electron chi connectivity index (χ0n) is 9.93. The van der Waals surface area contributed by atoms with Gasteiger partial charge in [0.1, 0.15) is 5.82 Å². The van der Waals surface area contributed by atoms with Gasteiger partial charge in [-0.1, -0.05) is 25.5 Å². The van der Waals surface area contributed by atoms with Gasteiger partial charge in [0.05, 0.1) is 17.6 Å². The summed E-state index contributed by atoms with van der Waals surface area (Å²) in [6.07, 6.45) is 2.36. The molecule has 0 unspecified atom stereocenters. The van der Waals surface area contributed by atoms with Crippen molar-refractivity contribution in [2.45, 2.75) is 32.9 Å². The third kappa shape index (κ3) is 3.35. The summed E-state index contributed by atoms with van der Waals surface area (Å²) in [6.45, 7) is 3.73. The Morgan fingerprint density at radius 2 is 1.94 bits per heavy atom. The largest absolute Gasteiger partial charge is 0.327 e. The van der Waals surface area contributed by atoms with Crippen LogP contribution in [0, 0.1) is 0 Å². The molecule has 0 fully saturated rings. The lowest BCUT2D eigenvalue weighted by Crippen LogP contribution is -2.08. The third-order valence-corrected chi connectivity index (χ3v) is 2.65. The second-order valence-corrected chi connectivity index (χ2v) is 3.73. The molecule has 96 valence electrons. The van der Waals surface area contributed by atoms with E-state index in [1.807, 2.05) is 18.2 Å². The molecule has 0 saturated heterocycles. The third-order valence-electron chi connectivity index (χ3n) is 2.65. The van der Waals surface area contributed by atoms with Gasteiger partial charge in [0.25, 0.3) is 0 Å². The summed E-state index contributed by atoms with van der Waals surface area (Å²) >= 11 is 0. The predicted octanol–water partition coefficient (Wildman–Crippen LogP) is 3.14. The summed E-state index contributed by atoms with van der Waals surface area (Å²) in [5.74, 6) is 0.990. The van der Waals surface area contributed by atoms with Gasteiger partial charge in [0.15, 0.2) is 0 Å². The number of benzene rings is 1. The van der Waals surface area contributed by atoms with Crippen LogP contribution in [-0.2, 0) is 13.1 Å². The van der Waals surface area contributed by atoms with Crippen molar-refractivity contribution >= 4 is 35.8 Å². The lowest BCUT2D eigenvalue weighted by molar-refractivity contribution is 0.617. The van der Waals surface area contributed by atoms with Crippen LogP contribution in [0.5, 0.6) is 0 Å². The van der Waals surface area contributed by atoms with Gasteiger partial charge >= 0.3 is 0 Å². The molecular weight excluding hydrogens is 257 g/mol. The van der Waals surface area contributed by atoms with Gasteiger partial charge in [0, 0.05) is 6.54 Å². The number of rotatable bonds is 4. The van der Waals surface area contributed by atoms with Gasteiger partial charge in [0.2, 0.25) is 0 Å². The van der Waals surface area contributed by atoms with Crippen LogP contribution in [0.2, 0.25) is 0 Å². The summed E-state index contributed by atoms with van der Waals surface area (Å²) in [6, 6.07) is 8.21. The first-order chi connectivity index (χ1) is 7.36. The number of nitrogens with two attached hydrogens (primary N) is 1. The number of para-hydroxylation sites is 2. The molecule has 2 N–H and O–H groups in total. The van der Waals surface area contributed by atoms with Crippen molar-refractivity contribution in [3.63, 3.8) is 0 Å². The topological polar surface area (TPSA) is 43.8 Å². The molecule has 0 spiro atoms.